The molecule has 0 radical (unpaired) electrons. The Kier molecular flexibility index (Phi) is 3.14. The summed E-state index contributed by atoms with van der Waals surface area (Å²) in [6.07, 6.45) is 0.960. The second kappa shape index (κ2) is 4.55. The van der Waals surface area contributed by atoms with E-state index in [4.69, 9.17) is 5.11 Å². The molecule has 0 aliphatic heterocycles. The SMILES string of the molecule is CCc1sc(CO)nc1-c1ccccc1. The van der Waals surface area contributed by atoms with E-state index >= 15 is 0 Å². The summed E-state index contributed by atoms with van der Waals surface area (Å²) in [7, 11) is 0. The van der Waals surface area contributed by atoms with Gasteiger partial charge >= 0.3 is 0 Å². The van der Waals surface area contributed by atoms with Crippen molar-refractivity contribution in [2.75, 3.05) is 0 Å². The molecule has 0 atom stereocenters. The van der Waals surface area contributed by atoms with Gasteiger partial charge in [0.05, 0.1) is 12.3 Å². The van der Waals surface area contributed by atoms with E-state index in [1.165, 1.54) is 4.88 Å². The average Bonchev–Trinajstić information content (AvgIpc) is 2.73. The topological polar surface area (TPSA) is 33.1 Å². The van der Waals surface area contributed by atoms with Crippen LogP contribution in [0.25, 0.3) is 11.3 Å². The second-order valence-corrected chi connectivity index (χ2v) is 4.43. The number of rotatable bonds is 3. The average molecular weight is 219 g/mol. The molecular formula is C12H13NOS. The summed E-state index contributed by atoms with van der Waals surface area (Å²) in [5.41, 5.74) is 2.15. The number of benzene rings is 1. The zero-order valence-electron chi connectivity index (χ0n) is 8.60. The third-order valence-electron chi connectivity index (χ3n) is 2.25. The summed E-state index contributed by atoms with van der Waals surface area (Å²) in [5, 5.41) is 9.86. The second-order valence-electron chi connectivity index (χ2n) is 3.26. The van der Waals surface area contributed by atoms with E-state index in [1.807, 2.05) is 18.2 Å². The number of aliphatic hydroxyl groups excluding tert-OH is 1. The maximum atomic E-state index is 9.07. The number of aromatic nitrogens is 1. The van der Waals surface area contributed by atoms with Gasteiger partial charge in [-0.15, -0.1) is 11.3 Å². The largest absolute Gasteiger partial charge is 0.389 e. The number of hydrogen-bond acceptors (Lipinski definition) is 3. The van der Waals surface area contributed by atoms with Gasteiger partial charge in [-0.25, -0.2) is 4.98 Å². The van der Waals surface area contributed by atoms with E-state index in [2.05, 4.69) is 24.0 Å². The lowest BCUT2D eigenvalue weighted by Gasteiger charge is -1.98. The molecule has 1 aromatic heterocycles. The van der Waals surface area contributed by atoms with Crippen molar-refractivity contribution in [2.45, 2.75) is 20.0 Å². The molecule has 0 unspecified atom stereocenters. The third kappa shape index (κ3) is 2.08. The molecule has 0 bridgehead atoms. The van der Waals surface area contributed by atoms with Gasteiger partial charge in [-0.2, -0.15) is 0 Å². The molecule has 0 aliphatic rings. The smallest absolute Gasteiger partial charge is 0.119 e. The quantitative estimate of drug-likeness (QED) is 0.861. The molecule has 0 aliphatic carbocycles. The third-order valence-corrected chi connectivity index (χ3v) is 3.43. The molecule has 0 saturated heterocycles. The Morgan fingerprint density at radius 1 is 1.27 bits per heavy atom. The van der Waals surface area contributed by atoms with Crippen molar-refractivity contribution in [3.8, 4) is 11.3 Å². The van der Waals surface area contributed by atoms with Crippen molar-refractivity contribution in [2.24, 2.45) is 0 Å². The Labute approximate surface area is 93.2 Å². The predicted molar refractivity (Wildman–Crippen MR) is 62.9 cm³/mol. The van der Waals surface area contributed by atoms with Crippen LogP contribution in [-0.4, -0.2) is 10.1 Å². The zero-order valence-corrected chi connectivity index (χ0v) is 9.42. The van der Waals surface area contributed by atoms with Gasteiger partial charge in [0.1, 0.15) is 5.01 Å². The maximum Gasteiger partial charge on any atom is 0.119 e. The first-order chi connectivity index (χ1) is 7.35. The van der Waals surface area contributed by atoms with Crippen LogP contribution >= 0.6 is 11.3 Å². The highest BCUT2D eigenvalue weighted by molar-refractivity contribution is 7.12. The van der Waals surface area contributed by atoms with Crippen LogP contribution in [0, 0.1) is 0 Å². The summed E-state index contributed by atoms with van der Waals surface area (Å²) < 4.78 is 0. The summed E-state index contributed by atoms with van der Waals surface area (Å²) in [6.45, 7) is 2.14. The first kappa shape index (κ1) is 10.3. The lowest BCUT2D eigenvalue weighted by atomic mass is 10.1. The van der Waals surface area contributed by atoms with E-state index in [1.54, 1.807) is 11.3 Å². The van der Waals surface area contributed by atoms with Crippen LogP contribution in [0.1, 0.15) is 16.8 Å². The molecule has 1 heterocycles. The number of nitrogens with zero attached hydrogens (tertiary/aromatic N) is 1. The van der Waals surface area contributed by atoms with Gasteiger partial charge in [-0.05, 0) is 6.42 Å². The normalized spacial score (nSPS) is 10.5. The number of hydrogen-bond donors (Lipinski definition) is 1. The highest BCUT2D eigenvalue weighted by Crippen LogP contribution is 2.28. The Morgan fingerprint density at radius 3 is 2.60 bits per heavy atom. The van der Waals surface area contributed by atoms with Gasteiger partial charge in [0.25, 0.3) is 0 Å². The molecule has 1 aromatic carbocycles. The zero-order chi connectivity index (χ0) is 10.7. The van der Waals surface area contributed by atoms with Crippen molar-refractivity contribution in [1.29, 1.82) is 0 Å². The van der Waals surface area contributed by atoms with Crippen LogP contribution < -0.4 is 0 Å². The van der Waals surface area contributed by atoms with Gasteiger partial charge in [0, 0.05) is 10.4 Å². The first-order valence-electron chi connectivity index (χ1n) is 5.00. The minimum Gasteiger partial charge on any atom is -0.389 e. The van der Waals surface area contributed by atoms with E-state index in [0.29, 0.717) is 0 Å². The standard InChI is InChI=1S/C12H13NOS/c1-2-10-12(13-11(8-14)15-10)9-6-4-3-5-7-9/h3-7,14H,2,8H2,1H3. The van der Waals surface area contributed by atoms with Crippen molar-refractivity contribution >= 4 is 11.3 Å². The summed E-state index contributed by atoms with van der Waals surface area (Å²) in [5.74, 6) is 0. The van der Waals surface area contributed by atoms with Gasteiger partial charge < -0.3 is 5.11 Å². The fourth-order valence-electron chi connectivity index (χ4n) is 1.53. The molecule has 2 nitrogen and oxygen atoms in total. The number of aryl methyl sites for hydroxylation is 1. The minimum absolute atomic E-state index is 0.0322. The predicted octanol–water partition coefficient (Wildman–Crippen LogP) is 2.86. The number of thiazole rings is 1. The molecule has 15 heavy (non-hydrogen) atoms. The molecule has 1 N–H and O–H groups in total. The molecule has 2 aromatic rings. The molecule has 0 spiro atoms. The lowest BCUT2D eigenvalue weighted by molar-refractivity contribution is 0.281. The minimum atomic E-state index is 0.0322. The van der Waals surface area contributed by atoms with E-state index in [9.17, 15) is 0 Å². The monoisotopic (exact) mass is 219 g/mol. The molecule has 3 heteroatoms. The highest BCUT2D eigenvalue weighted by atomic mass is 32.1. The Bertz CT molecular complexity index is 436. The summed E-state index contributed by atoms with van der Waals surface area (Å²) in [6, 6.07) is 10.1. The molecule has 2 rings (SSSR count). The lowest BCUT2D eigenvalue weighted by Crippen LogP contribution is -1.84. The number of aliphatic hydroxyl groups is 1. The molecule has 0 saturated carbocycles. The van der Waals surface area contributed by atoms with Crippen LogP contribution in [0.2, 0.25) is 0 Å². The van der Waals surface area contributed by atoms with Gasteiger partial charge in [-0.3, -0.25) is 0 Å². The summed E-state index contributed by atoms with van der Waals surface area (Å²) >= 11 is 1.59. The maximum absolute atomic E-state index is 9.07. The Balaban J connectivity index is 2.47. The van der Waals surface area contributed by atoms with Crippen LogP contribution in [-0.2, 0) is 13.0 Å². The Morgan fingerprint density at radius 2 is 2.00 bits per heavy atom. The van der Waals surface area contributed by atoms with Crippen molar-refractivity contribution in [3.63, 3.8) is 0 Å². The fourth-order valence-corrected chi connectivity index (χ4v) is 2.42. The van der Waals surface area contributed by atoms with E-state index < -0.39 is 0 Å². The van der Waals surface area contributed by atoms with Gasteiger partial charge in [-0.1, -0.05) is 37.3 Å². The molecular weight excluding hydrogens is 206 g/mol. The van der Waals surface area contributed by atoms with Crippen molar-refractivity contribution in [3.05, 3.63) is 40.2 Å². The van der Waals surface area contributed by atoms with Crippen LogP contribution in [0.4, 0.5) is 0 Å². The van der Waals surface area contributed by atoms with Crippen LogP contribution in [0.5, 0.6) is 0 Å². The molecule has 78 valence electrons. The summed E-state index contributed by atoms with van der Waals surface area (Å²) in [4.78, 5) is 5.68. The highest BCUT2D eigenvalue weighted by Gasteiger charge is 2.10. The van der Waals surface area contributed by atoms with Gasteiger partial charge in [0.15, 0.2) is 0 Å². The molecule has 0 fully saturated rings. The van der Waals surface area contributed by atoms with E-state index in [-0.39, 0.29) is 6.61 Å². The first-order valence-corrected chi connectivity index (χ1v) is 5.81. The fraction of sp³-hybridized carbons (Fsp3) is 0.250. The molecule has 0 amide bonds. The van der Waals surface area contributed by atoms with Crippen molar-refractivity contribution < 1.29 is 5.11 Å². The van der Waals surface area contributed by atoms with Crippen LogP contribution in [0.15, 0.2) is 30.3 Å². The Hall–Kier alpha value is -1.19. The van der Waals surface area contributed by atoms with E-state index in [0.717, 1.165) is 22.7 Å². The van der Waals surface area contributed by atoms with Crippen LogP contribution in [0.3, 0.4) is 0 Å². The van der Waals surface area contributed by atoms with Crippen molar-refractivity contribution in [1.82, 2.24) is 4.98 Å². The van der Waals surface area contributed by atoms with Gasteiger partial charge in [0.2, 0.25) is 0 Å².